The molecule has 4 rings (SSSR count). The second-order valence-electron chi connectivity index (χ2n) is 7.52. The first-order chi connectivity index (χ1) is 13.4. The van der Waals surface area contributed by atoms with Gasteiger partial charge in [0.2, 0.25) is 0 Å². The molecule has 3 N–H and O–H groups in total. The summed E-state index contributed by atoms with van der Waals surface area (Å²) < 4.78 is 30.1. The number of rotatable bonds is 6. The fourth-order valence-electron chi connectivity index (χ4n) is 3.81. The number of nitrogens with one attached hydrogen (secondary N) is 1. The van der Waals surface area contributed by atoms with E-state index in [9.17, 15) is 9.90 Å². The van der Waals surface area contributed by atoms with Gasteiger partial charge in [0.25, 0.3) is 0 Å². The molecule has 3 saturated heterocycles. The van der Waals surface area contributed by atoms with E-state index in [4.69, 9.17) is 28.9 Å². The largest absolute Gasteiger partial charge is 0.373 e. The van der Waals surface area contributed by atoms with Gasteiger partial charge in [-0.3, -0.25) is 15.3 Å². The molecule has 0 radical (unpaired) electrons. The van der Waals surface area contributed by atoms with Crippen molar-refractivity contribution in [3.63, 3.8) is 0 Å². The van der Waals surface area contributed by atoms with Crippen LogP contribution in [0.5, 0.6) is 0 Å². The number of aromatic nitrogens is 2. The standard InChI is InChI=1S/C17H25N3O8/c1-17(2)27-12-10(8-25-15(21)9-4-3-7-24-9)26-14(13(12)28-17)20-6-5-11(19-23)18-16(20)22/h5-6,9-10,12-15,21,23H,3-4,7-8H2,1-2H3,(H,18,19,22)/t9-,10+,12+,13+,14+,15?/m0/s1. The molecular weight excluding hydrogens is 374 g/mol. The Morgan fingerprint density at radius 2 is 2.21 bits per heavy atom. The summed E-state index contributed by atoms with van der Waals surface area (Å²) in [4.78, 5) is 16.0. The molecule has 1 aromatic heterocycles. The molecule has 11 heteroatoms. The minimum Gasteiger partial charge on any atom is -0.373 e. The van der Waals surface area contributed by atoms with Gasteiger partial charge in [-0.2, -0.15) is 4.98 Å². The molecule has 1 unspecified atom stereocenters. The smallest absolute Gasteiger partial charge is 0.351 e. The van der Waals surface area contributed by atoms with E-state index < -0.39 is 42.3 Å². The fourth-order valence-corrected chi connectivity index (χ4v) is 3.81. The first-order valence-electron chi connectivity index (χ1n) is 9.29. The highest BCUT2D eigenvalue weighted by Crippen LogP contribution is 2.42. The van der Waals surface area contributed by atoms with Gasteiger partial charge in [-0.1, -0.05) is 0 Å². The molecule has 0 spiro atoms. The Labute approximate surface area is 161 Å². The molecule has 0 bridgehead atoms. The average molecular weight is 399 g/mol. The molecule has 0 aliphatic carbocycles. The lowest BCUT2D eigenvalue weighted by atomic mass is 10.1. The van der Waals surface area contributed by atoms with Gasteiger partial charge in [-0.25, -0.2) is 4.79 Å². The van der Waals surface area contributed by atoms with Crippen molar-refractivity contribution < 1.29 is 34.0 Å². The second-order valence-corrected chi connectivity index (χ2v) is 7.52. The first-order valence-corrected chi connectivity index (χ1v) is 9.29. The number of aliphatic hydroxyl groups is 1. The predicted octanol–water partition coefficient (Wildman–Crippen LogP) is -0.0241. The Hall–Kier alpha value is -1.60. The molecule has 11 nitrogen and oxygen atoms in total. The normalized spacial score (nSPS) is 35.1. The zero-order valence-electron chi connectivity index (χ0n) is 15.7. The van der Waals surface area contributed by atoms with Gasteiger partial charge in [-0.05, 0) is 32.8 Å². The number of hydrogen-bond donors (Lipinski definition) is 3. The van der Waals surface area contributed by atoms with Crippen LogP contribution in [0.15, 0.2) is 17.1 Å². The molecular formula is C17H25N3O8. The van der Waals surface area contributed by atoms with E-state index in [2.05, 4.69) is 4.98 Å². The van der Waals surface area contributed by atoms with Crippen LogP contribution in [-0.4, -0.2) is 69.6 Å². The van der Waals surface area contributed by atoms with E-state index in [0.717, 1.165) is 12.8 Å². The van der Waals surface area contributed by atoms with Gasteiger partial charge in [0.05, 0.1) is 6.61 Å². The molecule has 0 aromatic carbocycles. The number of hydrogen-bond acceptors (Lipinski definition) is 10. The lowest BCUT2D eigenvalue weighted by molar-refractivity contribution is -0.220. The Bertz CT molecular complexity index is 750. The van der Waals surface area contributed by atoms with Crippen molar-refractivity contribution >= 4 is 5.82 Å². The molecule has 3 aliphatic rings. The third kappa shape index (κ3) is 3.79. The number of anilines is 1. The lowest BCUT2D eigenvalue weighted by Crippen LogP contribution is -2.37. The van der Waals surface area contributed by atoms with Crippen LogP contribution in [0.3, 0.4) is 0 Å². The summed E-state index contributed by atoms with van der Waals surface area (Å²) in [5.41, 5.74) is 1.22. The molecule has 3 aliphatic heterocycles. The van der Waals surface area contributed by atoms with Gasteiger partial charge < -0.3 is 28.8 Å². The second kappa shape index (κ2) is 7.67. The minimum atomic E-state index is -1.06. The Morgan fingerprint density at radius 3 is 2.89 bits per heavy atom. The number of nitrogens with zero attached hydrogens (tertiary/aromatic N) is 2. The summed E-state index contributed by atoms with van der Waals surface area (Å²) in [5, 5.41) is 19.1. The third-order valence-corrected chi connectivity index (χ3v) is 5.06. The van der Waals surface area contributed by atoms with Crippen LogP contribution >= 0.6 is 0 Å². The van der Waals surface area contributed by atoms with E-state index in [1.165, 1.54) is 16.8 Å². The summed E-state index contributed by atoms with van der Waals surface area (Å²) in [6.45, 7) is 4.22. The van der Waals surface area contributed by atoms with Crippen LogP contribution in [0.1, 0.15) is 32.9 Å². The molecule has 3 fully saturated rings. The highest BCUT2D eigenvalue weighted by Gasteiger charge is 2.56. The Morgan fingerprint density at radius 1 is 1.43 bits per heavy atom. The van der Waals surface area contributed by atoms with Crippen molar-refractivity contribution in [3.8, 4) is 0 Å². The number of fused-ring (bicyclic) bond motifs is 1. The van der Waals surface area contributed by atoms with Gasteiger partial charge in [0.1, 0.15) is 24.4 Å². The zero-order valence-corrected chi connectivity index (χ0v) is 15.7. The predicted molar refractivity (Wildman–Crippen MR) is 92.6 cm³/mol. The first kappa shape index (κ1) is 19.7. The van der Waals surface area contributed by atoms with E-state index >= 15 is 0 Å². The Kier molecular flexibility index (Phi) is 5.40. The lowest BCUT2D eigenvalue weighted by Gasteiger charge is -2.26. The number of aliphatic hydroxyl groups excluding tert-OH is 1. The van der Waals surface area contributed by atoms with Crippen LogP contribution in [-0.2, 0) is 23.7 Å². The van der Waals surface area contributed by atoms with Crippen LogP contribution in [0, 0.1) is 0 Å². The molecule has 156 valence electrons. The van der Waals surface area contributed by atoms with Crippen LogP contribution in [0.2, 0.25) is 0 Å². The van der Waals surface area contributed by atoms with Crippen molar-refractivity contribution in [1.82, 2.24) is 9.55 Å². The van der Waals surface area contributed by atoms with Crippen LogP contribution < -0.4 is 11.2 Å². The monoisotopic (exact) mass is 399 g/mol. The van der Waals surface area contributed by atoms with E-state index in [-0.39, 0.29) is 18.5 Å². The van der Waals surface area contributed by atoms with Gasteiger partial charge in [0.15, 0.2) is 24.1 Å². The van der Waals surface area contributed by atoms with E-state index in [0.29, 0.717) is 6.61 Å². The maximum Gasteiger partial charge on any atom is 0.351 e. The number of ether oxygens (including phenoxy) is 5. The molecule has 4 heterocycles. The highest BCUT2D eigenvalue weighted by molar-refractivity contribution is 5.28. The van der Waals surface area contributed by atoms with Gasteiger partial charge in [0, 0.05) is 12.8 Å². The summed E-state index contributed by atoms with van der Waals surface area (Å²) in [5.74, 6) is -0.828. The zero-order chi connectivity index (χ0) is 19.9. The third-order valence-electron chi connectivity index (χ3n) is 5.06. The summed E-state index contributed by atoms with van der Waals surface area (Å²) in [6, 6.07) is 1.44. The van der Waals surface area contributed by atoms with Crippen LogP contribution in [0.25, 0.3) is 0 Å². The SMILES string of the molecule is CC1(C)O[C@@H]2[C@H](O1)[C@@H](COC(O)[C@@H]1CCCO1)O[C@H]2n1ccc(NO)nc1=O. The molecule has 28 heavy (non-hydrogen) atoms. The van der Waals surface area contributed by atoms with Gasteiger partial charge in [-0.15, -0.1) is 0 Å². The average Bonchev–Trinajstić information content (AvgIpc) is 3.36. The quantitative estimate of drug-likeness (QED) is 0.442. The molecule has 6 atom stereocenters. The van der Waals surface area contributed by atoms with Gasteiger partial charge >= 0.3 is 5.69 Å². The Balaban J connectivity index is 1.50. The molecule has 0 saturated carbocycles. The summed E-state index contributed by atoms with van der Waals surface area (Å²) in [7, 11) is 0. The maximum absolute atomic E-state index is 12.3. The molecule has 0 amide bonds. The topological polar surface area (TPSA) is 134 Å². The highest BCUT2D eigenvalue weighted by atomic mass is 16.8. The van der Waals surface area contributed by atoms with Crippen molar-refractivity contribution in [2.75, 3.05) is 18.7 Å². The van der Waals surface area contributed by atoms with Crippen molar-refractivity contribution in [1.29, 1.82) is 0 Å². The van der Waals surface area contributed by atoms with Crippen molar-refractivity contribution in [2.45, 2.75) is 69.4 Å². The summed E-state index contributed by atoms with van der Waals surface area (Å²) in [6.07, 6.45) is -0.723. The van der Waals surface area contributed by atoms with E-state index in [1.807, 2.05) is 5.48 Å². The van der Waals surface area contributed by atoms with E-state index in [1.54, 1.807) is 13.8 Å². The summed E-state index contributed by atoms with van der Waals surface area (Å²) >= 11 is 0. The van der Waals surface area contributed by atoms with Crippen molar-refractivity contribution in [2.24, 2.45) is 0 Å². The fraction of sp³-hybridized carbons (Fsp3) is 0.765. The molecule has 1 aromatic rings. The maximum atomic E-state index is 12.3. The van der Waals surface area contributed by atoms with Crippen molar-refractivity contribution in [3.05, 3.63) is 22.7 Å². The van der Waals surface area contributed by atoms with Crippen LogP contribution in [0.4, 0.5) is 5.82 Å². The minimum absolute atomic E-state index is 0.0271.